The zero-order valence-electron chi connectivity index (χ0n) is 9.77. The molecule has 0 spiro atoms. The molecular weight excluding hydrogens is 294 g/mol. The van der Waals surface area contributed by atoms with Crippen molar-refractivity contribution in [3.8, 4) is 11.6 Å². The van der Waals surface area contributed by atoms with Crippen molar-refractivity contribution < 1.29 is 4.74 Å². The molecule has 1 heterocycles. The van der Waals surface area contributed by atoms with Crippen LogP contribution in [0.15, 0.2) is 41.0 Å². The number of amidine groups is 1. The maximum Gasteiger partial charge on any atom is 0.230 e. The number of nitrogens with one attached hydrogen (secondary N) is 1. The number of nitrogens with zero attached hydrogens (tertiary/aromatic N) is 1. The highest BCUT2D eigenvalue weighted by Gasteiger charge is 2.12. The molecule has 1 aromatic carbocycles. The molecule has 2 aromatic rings. The van der Waals surface area contributed by atoms with Crippen molar-refractivity contribution in [2.75, 3.05) is 0 Å². The van der Waals surface area contributed by atoms with Gasteiger partial charge in [0.05, 0.1) is 5.56 Å². The van der Waals surface area contributed by atoms with E-state index in [1.165, 1.54) is 0 Å². The zero-order valence-corrected chi connectivity index (χ0v) is 11.4. The Balaban J connectivity index is 2.37. The van der Waals surface area contributed by atoms with Gasteiger partial charge in [0.25, 0.3) is 0 Å². The van der Waals surface area contributed by atoms with Crippen LogP contribution in [0.2, 0.25) is 0 Å². The van der Waals surface area contributed by atoms with Crippen LogP contribution in [0, 0.1) is 12.3 Å². The van der Waals surface area contributed by atoms with Crippen LogP contribution in [0.4, 0.5) is 0 Å². The summed E-state index contributed by atoms with van der Waals surface area (Å²) < 4.78 is 6.62. The second kappa shape index (κ2) is 5.18. The summed E-state index contributed by atoms with van der Waals surface area (Å²) in [6.45, 7) is 1.87. The van der Waals surface area contributed by atoms with E-state index in [0.29, 0.717) is 17.2 Å². The normalized spacial score (nSPS) is 10.1. The first-order valence-corrected chi connectivity index (χ1v) is 6.10. The van der Waals surface area contributed by atoms with Crippen molar-refractivity contribution in [2.45, 2.75) is 6.92 Å². The van der Waals surface area contributed by atoms with Crippen molar-refractivity contribution in [1.82, 2.24) is 4.98 Å². The fourth-order valence-electron chi connectivity index (χ4n) is 1.55. The van der Waals surface area contributed by atoms with Crippen molar-refractivity contribution in [1.29, 1.82) is 5.41 Å². The molecule has 0 saturated carbocycles. The molecule has 3 N–H and O–H groups in total. The van der Waals surface area contributed by atoms with Crippen LogP contribution in [-0.4, -0.2) is 10.8 Å². The van der Waals surface area contributed by atoms with Crippen LogP contribution in [0.1, 0.15) is 11.1 Å². The molecule has 1 aromatic heterocycles. The molecule has 5 heteroatoms. The number of halogens is 1. The van der Waals surface area contributed by atoms with E-state index in [9.17, 15) is 0 Å². The summed E-state index contributed by atoms with van der Waals surface area (Å²) >= 11 is 3.35. The number of hydrogen-bond donors (Lipinski definition) is 2. The van der Waals surface area contributed by atoms with E-state index in [1.54, 1.807) is 12.3 Å². The van der Waals surface area contributed by atoms with Crippen LogP contribution < -0.4 is 10.5 Å². The van der Waals surface area contributed by atoms with Gasteiger partial charge in [0, 0.05) is 10.7 Å². The van der Waals surface area contributed by atoms with Gasteiger partial charge in [0.1, 0.15) is 11.6 Å². The summed E-state index contributed by atoms with van der Waals surface area (Å²) in [6, 6.07) is 9.18. The number of nitrogen functional groups attached to an aromatic ring is 1. The SMILES string of the molecule is Cc1ccnc(Oc2ccc(Br)cc2)c1C(=N)N. The van der Waals surface area contributed by atoms with Gasteiger partial charge in [-0.1, -0.05) is 15.9 Å². The smallest absolute Gasteiger partial charge is 0.230 e. The third-order valence-corrected chi connectivity index (χ3v) is 2.95. The van der Waals surface area contributed by atoms with Gasteiger partial charge in [-0.2, -0.15) is 0 Å². The Kier molecular flexibility index (Phi) is 3.62. The molecule has 4 nitrogen and oxygen atoms in total. The Hall–Kier alpha value is -1.88. The molecule has 18 heavy (non-hydrogen) atoms. The maximum absolute atomic E-state index is 7.57. The lowest BCUT2D eigenvalue weighted by Crippen LogP contribution is -2.14. The minimum atomic E-state index is -0.0484. The lowest BCUT2D eigenvalue weighted by Gasteiger charge is -2.11. The molecular formula is C13H12BrN3O. The van der Waals surface area contributed by atoms with Gasteiger partial charge in [-0.3, -0.25) is 5.41 Å². The number of pyridine rings is 1. The van der Waals surface area contributed by atoms with E-state index in [1.807, 2.05) is 31.2 Å². The molecule has 0 radical (unpaired) electrons. The number of aromatic nitrogens is 1. The van der Waals surface area contributed by atoms with Gasteiger partial charge < -0.3 is 10.5 Å². The predicted octanol–water partition coefficient (Wildman–Crippen LogP) is 3.23. The second-order valence-electron chi connectivity index (χ2n) is 3.78. The fourth-order valence-corrected chi connectivity index (χ4v) is 1.82. The third-order valence-electron chi connectivity index (χ3n) is 2.42. The van der Waals surface area contributed by atoms with E-state index in [0.717, 1.165) is 10.0 Å². The summed E-state index contributed by atoms with van der Waals surface area (Å²) in [4.78, 5) is 4.12. The van der Waals surface area contributed by atoms with E-state index in [4.69, 9.17) is 15.9 Å². The van der Waals surface area contributed by atoms with Crippen molar-refractivity contribution in [2.24, 2.45) is 5.73 Å². The molecule has 0 bridgehead atoms. The van der Waals surface area contributed by atoms with Crippen molar-refractivity contribution in [3.05, 3.63) is 52.1 Å². The topological polar surface area (TPSA) is 72.0 Å². The van der Waals surface area contributed by atoms with Gasteiger partial charge >= 0.3 is 0 Å². The highest BCUT2D eigenvalue weighted by Crippen LogP contribution is 2.25. The Bertz CT molecular complexity index is 581. The summed E-state index contributed by atoms with van der Waals surface area (Å²) in [7, 11) is 0. The van der Waals surface area contributed by atoms with Crippen LogP contribution in [0.3, 0.4) is 0 Å². The summed E-state index contributed by atoms with van der Waals surface area (Å²) in [5, 5.41) is 7.57. The lowest BCUT2D eigenvalue weighted by molar-refractivity contribution is 0.461. The quantitative estimate of drug-likeness (QED) is 0.675. The van der Waals surface area contributed by atoms with Crippen molar-refractivity contribution in [3.63, 3.8) is 0 Å². The molecule has 0 saturated heterocycles. The third kappa shape index (κ3) is 2.68. The first-order valence-electron chi connectivity index (χ1n) is 5.31. The van der Waals surface area contributed by atoms with Gasteiger partial charge in [-0.25, -0.2) is 4.98 Å². The molecule has 0 atom stereocenters. The van der Waals surface area contributed by atoms with Crippen LogP contribution in [-0.2, 0) is 0 Å². The molecule has 0 fully saturated rings. The summed E-state index contributed by atoms with van der Waals surface area (Å²) in [6.07, 6.45) is 1.63. The Morgan fingerprint density at radius 2 is 1.94 bits per heavy atom. The highest BCUT2D eigenvalue weighted by molar-refractivity contribution is 9.10. The van der Waals surface area contributed by atoms with Crippen LogP contribution in [0.25, 0.3) is 0 Å². The first kappa shape index (κ1) is 12.6. The summed E-state index contributed by atoms with van der Waals surface area (Å²) in [5.74, 6) is 0.955. The number of hydrogen-bond acceptors (Lipinski definition) is 3. The van der Waals surface area contributed by atoms with Crippen LogP contribution >= 0.6 is 15.9 Å². The van der Waals surface area contributed by atoms with E-state index >= 15 is 0 Å². The number of ether oxygens (including phenoxy) is 1. The molecule has 0 aliphatic carbocycles. The molecule has 0 aliphatic rings. The summed E-state index contributed by atoms with van der Waals surface area (Å²) in [5.41, 5.74) is 6.94. The Morgan fingerprint density at radius 1 is 1.28 bits per heavy atom. The Labute approximate surface area is 113 Å². The van der Waals surface area contributed by atoms with Gasteiger partial charge in [0.15, 0.2) is 0 Å². The minimum absolute atomic E-state index is 0.0484. The molecule has 0 aliphatic heterocycles. The average Bonchev–Trinajstić information content (AvgIpc) is 2.32. The van der Waals surface area contributed by atoms with E-state index < -0.39 is 0 Å². The average molecular weight is 306 g/mol. The fraction of sp³-hybridized carbons (Fsp3) is 0.0769. The lowest BCUT2D eigenvalue weighted by atomic mass is 10.1. The number of nitrogens with two attached hydrogens (primary N) is 1. The monoisotopic (exact) mass is 305 g/mol. The van der Waals surface area contributed by atoms with E-state index in [-0.39, 0.29) is 5.84 Å². The Morgan fingerprint density at radius 3 is 2.56 bits per heavy atom. The number of benzene rings is 1. The van der Waals surface area contributed by atoms with Crippen LogP contribution in [0.5, 0.6) is 11.6 Å². The zero-order chi connectivity index (χ0) is 13.1. The standard InChI is InChI=1S/C13H12BrN3O/c1-8-6-7-17-13(11(8)12(15)16)18-10-4-2-9(14)3-5-10/h2-7H,1H3,(H3,15,16). The van der Waals surface area contributed by atoms with Crippen molar-refractivity contribution >= 4 is 21.8 Å². The predicted molar refractivity (Wildman–Crippen MR) is 74.2 cm³/mol. The molecule has 0 amide bonds. The highest BCUT2D eigenvalue weighted by atomic mass is 79.9. The first-order chi connectivity index (χ1) is 8.58. The minimum Gasteiger partial charge on any atom is -0.438 e. The molecule has 92 valence electrons. The molecule has 0 unspecified atom stereocenters. The van der Waals surface area contributed by atoms with Gasteiger partial charge in [-0.05, 0) is 42.8 Å². The molecule has 2 rings (SSSR count). The number of aryl methyl sites for hydroxylation is 1. The maximum atomic E-state index is 7.57. The van der Waals surface area contributed by atoms with Gasteiger partial charge in [0.2, 0.25) is 5.88 Å². The number of rotatable bonds is 3. The van der Waals surface area contributed by atoms with Gasteiger partial charge in [-0.15, -0.1) is 0 Å². The largest absolute Gasteiger partial charge is 0.438 e. The van der Waals surface area contributed by atoms with E-state index in [2.05, 4.69) is 20.9 Å². The second-order valence-corrected chi connectivity index (χ2v) is 4.69.